The molecule has 0 spiro atoms. The summed E-state index contributed by atoms with van der Waals surface area (Å²) in [6, 6.07) is 10.2. The Morgan fingerprint density at radius 3 is 2.64 bits per heavy atom. The number of hydrogen-bond acceptors (Lipinski definition) is 7. The number of rotatable bonds is 3. The zero-order valence-electron chi connectivity index (χ0n) is 14.2. The number of nitrogens with zero attached hydrogens (tertiary/aromatic N) is 2. The van der Waals surface area contributed by atoms with E-state index in [1.54, 1.807) is 12.1 Å². The number of carbonyl (C=O) groups is 2. The largest absolute Gasteiger partial charge is 0.454 e. The molecule has 0 saturated heterocycles. The minimum atomic E-state index is -0.660. The average molecular weight is 380 g/mol. The molecule has 0 fully saturated rings. The SMILES string of the molecule is O=C(NNC(=O)c1ccc([N+](=O)[O-])c2cccnc12)c1ccc2c(c1)OCO2. The van der Waals surface area contributed by atoms with Gasteiger partial charge in [-0.1, -0.05) is 0 Å². The maximum Gasteiger partial charge on any atom is 0.278 e. The summed E-state index contributed by atoms with van der Waals surface area (Å²) in [6.45, 7) is 0.0807. The summed E-state index contributed by atoms with van der Waals surface area (Å²) in [5.41, 5.74) is 4.93. The van der Waals surface area contributed by atoms with Crippen LogP contribution in [0.2, 0.25) is 0 Å². The van der Waals surface area contributed by atoms with Gasteiger partial charge in [0.05, 0.1) is 21.4 Å². The highest BCUT2D eigenvalue weighted by Gasteiger charge is 2.20. The van der Waals surface area contributed by atoms with E-state index in [1.807, 2.05) is 0 Å². The van der Waals surface area contributed by atoms with Crippen molar-refractivity contribution < 1.29 is 24.0 Å². The Balaban J connectivity index is 1.53. The van der Waals surface area contributed by atoms with Crippen molar-refractivity contribution in [3.8, 4) is 11.5 Å². The Labute approximate surface area is 157 Å². The molecule has 4 rings (SSSR count). The lowest BCUT2D eigenvalue weighted by Crippen LogP contribution is -2.41. The Morgan fingerprint density at radius 1 is 1.04 bits per heavy atom. The molecule has 1 aliphatic heterocycles. The van der Waals surface area contributed by atoms with Crippen molar-refractivity contribution in [1.82, 2.24) is 15.8 Å². The number of benzene rings is 2. The minimum absolute atomic E-state index is 0.0807. The van der Waals surface area contributed by atoms with Gasteiger partial charge in [0.25, 0.3) is 17.5 Å². The highest BCUT2D eigenvalue weighted by Crippen LogP contribution is 2.32. The van der Waals surface area contributed by atoms with Gasteiger partial charge < -0.3 is 9.47 Å². The molecule has 1 aromatic heterocycles. The first kappa shape index (κ1) is 17.2. The van der Waals surface area contributed by atoms with Crippen LogP contribution in [0, 0.1) is 10.1 Å². The summed E-state index contributed by atoms with van der Waals surface area (Å²) in [6.07, 6.45) is 1.42. The van der Waals surface area contributed by atoms with Crippen LogP contribution >= 0.6 is 0 Å². The van der Waals surface area contributed by atoms with Crippen molar-refractivity contribution in [3.05, 3.63) is 69.9 Å². The Hall–Kier alpha value is -4.21. The van der Waals surface area contributed by atoms with Crippen LogP contribution in [0.1, 0.15) is 20.7 Å². The van der Waals surface area contributed by atoms with Crippen LogP contribution in [0.3, 0.4) is 0 Å². The monoisotopic (exact) mass is 380 g/mol. The van der Waals surface area contributed by atoms with E-state index in [2.05, 4.69) is 15.8 Å². The number of carbonyl (C=O) groups excluding carboxylic acids is 2. The lowest BCUT2D eigenvalue weighted by Gasteiger charge is -2.09. The van der Waals surface area contributed by atoms with Crippen molar-refractivity contribution in [1.29, 1.82) is 0 Å². The maximum absolute atomic E-state index is 12.5. The summed E-state index contributed by atoms with van der Waals surface area (Å²) in [4.78, 5) is 39.4. The van der Waals surface area contributed by atoms with Crippen LogP contribution in [0.5, 0.6) is 11.5 Å². The molecule has 0 radical (unpaired) electrons. The molecule has 0 saturated carbocycles. The molecular formula is C18H12N4O6. The number of amides is 2. The molecule has 28 heavy (non-hydrogen) atoms. The van der Waals surface area contributed by atoms with E-state index in [0.717, 1.165) is 0 Å². The van der Waals surface area contributed by atoms with Crippen molar-refractivity contribution in [2.75, 3.05) is 6.79 Å². The van der Waals surface area contributed by atoms with E-state index in [0.29, 0.717) is 11.5 Å². The van der Waals surface area contributed by atoms with Crippen molar-refractivity contribution in [2.45, 2.75) is 0 Å². The lowest BCUT2D eigenvalue weighted by atomic mass is 10.1. The lowest BCUT2D eigenvalue weighted by molar-refractivity contribution is -0.383. The van der Waals surface area contributed by atoms with E-state index in [1.165, 1.54) is 36.5 Å². The second-order valence-corrected chi connectivity index (χ2v) is 5.77. The number of nitro benzene ring substituents is 1. The molecule has 3 aromatic rings. The molecule has 0 aliphatic carbocycles. The van der Waals surface area contributed by atoms with Gasteiger partial charge in [0.1, 0.15) is 0 Å². The molecule has 2 amide bonds. The molecule has 2 heterocycles. The van der Waals surface area contributed by atoms with E-state index in [-0.39, 0.29) is 34.5 Å². The standard InChI is InChI=1S/C18H12N4O6/c23-17(10-3-6-14-15(8-10)28-9-27-14)20-21-18(24)12-4-5-13(22(25)26)11-2-1-7-19-16(11)12/h1-8H,9H2,(H,20,23)(H,21,24). The minimum Gasteiger partial charge on any atom is -0.454 e. The van der Waals surface area contributed by atoms with Gasteiger partial charge in [0.2, 0.25) is 6.79 Å². The first-order chi connectivity index (χ1) is 13.5. The molecule has 0 atom stereocenters. The molecule has 140 valence electrons. The van der Waals surface area contributed by atoms with E-state index >= 15 is 0 Å². The van der Waals surface area contributed by atoms with E-state index in [9.17, 15) is 19.7 Å². The summed E-state index contributed by atoms with van der Waals surface area (Å²) in [5, 5.41) is 11.4. The highest BCUT2D eigenvalue weighted by atomic mass is 16.7. The van der Waals surface area contributed by atoms with Gasteiger partial charge in [0, 0.05) is 17.8 Å². The first-order valence-corrected chi connectivity index (χ1v) is 8.07. The average Bonchev–Trinajstić information content (AvgIpc) is 3.18. The maximum atomic E-state index is 12.5. The topological polar surface area (TPSA) is 133 Å². The zero-order valence-corrected chi connectivity index (χ0v) is 14.2. The summed E-state index contributed by atoms with van der Waals surface area (Å²) < 4.78 is 10.4. The Bertz CT molecular complexity index is 1130. The number of hydrazine groups is 1. The summed E-state index contributed by atoms with van der Waals surface area (Å²) in [7, 11) is 0. The normalized spacial score (nSPS) is 11.9. The van der Waals surface area contributed by atoms with Crippen LogP contribution in [0.4, 0.5) is 5.69 Å². The number of hydrogen-bond donors (Lipinski definition) is 2. The highest BCUT2D eigenvalue weighted by molar-refractivity contribution is 6.08. The fourth-order valence-corrected chi connectivity index (χ4v) is 2.79. The van der Waals surface area contributed by atoms with Crippen molar-refractivity contribution in [2.24, 2.45) is 0 Å². The van der Waals surface area contributed by atoms with Crippen LogP contribution in [0.15, 0.2) is 48.7 Å². The molecule has 0 unspecified atom stereocenters. The molecule has 2 N–H and O–H groups in total. The third-order valence-corrected chi connectivity index (χ3v) is 4.11. The van der Waals surface area contributed by atoms with Gasteiger partial charge in [-0.25, -0.2) is 0 Å². The van der Waals surface area contributed by atoms with Gasteiger partial charge in [0.15, 0.2) is 11.5 Å². The Kier molecular flexibility index (Phi) is 4.20. The molecule has 10 heteroatoms. The van der Waals surface area contributed by atoms with Gasteiger partial charge >= 0.3 is 0 Å². The van der Waals surface area contributed by atoms with Crippen LogP contribution in [-0.2, 0) is 0 Å². The van der Waals surface area contributed by atoms with E-state index < -0.39 is 16.7 Å². The molecule has 1 aliphatic rings. The Morgan fingerprint density at radius 2 is 1.82 bits per heavy atom. The molecule has 2 aromatic carbocycles. The quantitative estimate of drug-likeness (QED) is 0.524. The first-order valence-electron chi connectivity index (χ1n) is 8.07. The van der Waals surface area contributed by atoms with Gasteiger partial charge in [-0.2, -0.15) is 0 Å². The van der Waals surface area contributed by atoms with E-state index in [4.69, 9.17) is 9.47 Å². The number of fused-ring (bicyclic) bond motifs is 2. The second-order valence-electron chi connectivity index (χ2n) is 5.77. The molecular weight excluding hydrogens is 368 g/mol. The third kappa shape index (κ3) is 3.03. The number of nitro groups is 1. The summed E-state index contributed by atoms with van der Waals surface area (Å²) in [5.74, 6) is -0.257. The smallest absolute Gasteiger partial charge is 0.278 e. The van der Waals surface area contributed by atoms with Crippen LogP contribution < -0.4 is 20.3 Å². The third-order valence-electron chi connectivity index (χ3n) is 4.11. The predicted molar refractivity (Wildman–Crippen MR) is 95.9 cm³/mol. The predicted octanol–water partition coefficient (Wildman–Crippen LogP) is 1.95. The zero-order chi connectivity index (χ0) is 19.7. The van der Waals surface area contributed by atoms with Crippen molar-refractivity contribution in [3.63, 3.8) is 0 Å². The fraction of sp³-hybridized carbons (Fsp3) is 0.0556. The van der Waals surface area contributed by atoms with Gasteiger partial charge in [-0.3, -0.25) is 35.5 Å². The summed E-state index contributed by atoms with van der Waals surface area (Å²) >= 11 is 0. The van der Waals surface area contributed by atoms with Gasteiger partial charge in [-0.15, -0.1) is 0 Å². The number of pyridine rings is 1. The molecule has 10 nitrogen and oxygen atoms in total. The number of aromatic nitrogens is 1. The number of non-ortho nitro benzene ring substituents is 1. The van der Waals surface area contributed by atoms with Crippen LogP contribution in [0.25, 0.3) is 10.9 Å². The van der Waals surface area contributed by atoms with Crippen molar-refractivity contribution >= 4 is 28.4 Å². The number of nitrogens with one attached hydrogen (secondary N) is 2. The second kappa shape index (κ2) is 6.83. The molecule has 0 bridgehead atoms. The van der Waals surface area contributed by atoms with Crippen LogP contribution in [-0.4, -0.2) is 28.5 Å². The number of ether oxygens (including phenoxy) is 2. The van der Waals surface area contributed by atoms with Gasteiger partial charge in [-0.05, 0) is 36.4 Å². The fourth-order valence-electron chi connectivity index (χ4n) is 2.79.